The first-order valence-corrected chi connectivity index (χ1v) is 4.21. The second-order valence-electron chi connectivity index (χ2n) is 2.82. The van der Waals surface area contributed by atoms with Gasteiger partial charge < -0.3 is 27.6 Å². The molecule has 0 radical (unpaired) electrons. The Bertz CT molecular complexity index is 209. The van der Waals surface area contributed by atoms with Gasteiger partial charge in [0.1, 0.15) is 6.04 Å². The van der Waals surface area contributed by atoms with Crippen molar-refractivity contribution < 1.29 is 14.7 Å². The van der Waals surface area contributed by atoms with Gasteiger partial charge in [0.25, 0.3) is 0 Å². The topological polar surface area (TPSA) is 144 Å². The molecule has 0 aromatic carbocycles. The average Bonchev–Trinajstić information content (AvgIpc) is 2.13. The molecule has 0 aliphatic rings. The maximum absolute atomic E-state index is 11.2. The van der Waals surface area contributed by atoms with Gasteiger partial charge in [-0.2, -0.15) is 0 Å². The van der Waals surface area contributed by atoms with Crippen LogP contribution in [0.15, 0.2) is 0 Å². The van der Waals surface area contributed by atoms with Crippen LogP contribution in [0, 0.1) is 0 Å². The highest BCUT2D eigenvalue weighted by atomic mass is 16.4. The van der Waals surface area contributed by atoms with Crippen molar-refractivity contribution in [2.24, 2.45) is 17.2 Å². The van der Waals surface area contributed by atoms with Crippen molar-refractivity contribution in [1.29, 1.82) is 0 Å². The fourth-order valence-corrected chi connectivity index (χ4v) is 0.811. The van der Waals surface area contributed by atoms with Crippen LogP contribution < -0.4 is 22.5 Å². The molecule has 1 amide bonds. The smallest absolute Gasteiger partial charge is 0.327 e. The number of nitrogens with two attached hydrogens (primary N) is 3. The number of carboxylic acids is 1. The summed E-state index contributed by atoms with van der Waals surface area (Å²) in [6, 6.07) is -1.88. The zero-order valence-electron chi connectivity index (χ0n) is 7.77. The fourth-order valence-electron chi connectivity index (χ4n) is 0.811. The molecule has 7 nitrogen and oxygen atoms in total. The minimum Gasteiger partial charge on any atom is -0.480 e. The predicted molar refractivity (Wildman–Crippen MR) is 50.3 cm³/mol. The van der Waals surface area contributed by atoms with Crippen LogP contribution in [0.4, 0.5) is 0 Å². The maximum atomic E-state index is 11.2. The molecule has 0 aromatic heterocycles. The molecule has 8 N–H and O–H groups in total. The first-order chi connectivity index (χ1) is 6.52. The van der Waals surface area contributed by atoms with Crippen LogP contribution in [0.3, 0.4) is 0 Å². The lowest BCUT2D eigenvalue weighted by atomic mass is 10.2. The Hall–Kier alpha value is -1.18. The highest BCUT2D eigenvalue weighted by Gasteiger charge is 2.21. The van der Waals surface area contributed by atoms with E-state index < -0.39 is 24.0 Å². The largest absolute Gasteiger partial charge is 0.480 e. The molecule has 0 spiro atoms. The number of rotatable bonds is 6. The van der Waals surface area contributed by atoms with Gasteiger partial charge in [-0.25, -0.2) is 4.79 Å². The van der Waals surface area contributed by atoms with E-state index in [4.69, 9.17) is 22.3 Å². The van der Waals surface area contributed by atoms with Crippen molar-refractivity contribution in [2.75, 3.05) is 13.1 Å². The Morgan fingerprint density at radius 2 is 1.93 bits per heavy atom. The van der Waals surface area contributed by atoms with E-state index in [9.17, 15) is 9.59 Å². The summed E-state index contributed by atoms with van der Waals surface area (Å²) in [5.41, 5.74) is 15.7. The van der Waals surface area contributed by atoms with E-state index in [1.165, 1.54) is 0 Å². The highest BCUT2D eigenvalue weighted by Crippen LogP contribution is 1.88. The molecule has 0 aromatic rings. The van der Waals surface area contributed by atoms with E-state index in [0.29, 0.717) is 6.42 Å². The Balaban J connectivity index is 4.08. The minimum absolute atomic E-state index is 0.170. The van der Waals surface area contributed by atoms with E-state index in [1.54, 1.807) is 0 Å². The second-order valence-corrected chi connectivity index (χ2v) is 2.82. The molecule has 1 unspecified atom stereocenters. The molecule has 0 saturated heterocycles. The summed E-state index contributed by atoms with van der Waals surface area (Å²) in [7, 11) is 0. The van der Waals surface area contributed by atoms with E-state index in [0.717, 1.165) is 0 Å². The van der Waals surface area contributed by atoms with E-state index in [2.05, 4.69) is 5.32 Å². The molecular weight excluding hydrogens is 188 g/mol. The van der Waals surface area contributed by atoms with Gasteiger partial charge in [0.2, 0.25) is 5.91 Å². The first-order valence-electron chi connectivity index (χ1n) is 4.21. The lowest BCUT2D eigenvalue weighted by Gasteiger charge is -2.15. The third kappa shape index (κ3) is 4.17. The van der Waals surface area contributed by atoms with Crippen LogP contribution in [0.25, 0.3) is 0 Å². The average molecular weight is 204 g/mol. The summed E-state index contributed by atoms with van der Waals surface area (Å²) in [5, 5.41) is 10.8. The van der Waals surface area contributed by atoms with Crippen molar-refractivity contribution in [3.8, 4) is 0 Å². The third-order valence-corrected chi connectivity index (χ3v) is 1.66. The Kier molecular flexibility index (Phi) is 5.77. The Morgan fingerprint density at radius 1 is 1.36 bits per heavy atom. The monoisotopic (exact) mass is 204 g/mol. The zero-order valence-corrected chi connectivity index (χ0v) is 7.77. The van der Waals surface area contributed by atoms with Crippen LogP contribution in [0.2, 0.25) is 0 Å². The third-order valence-electron chi connectivity index (χ3n) is 1.66. The number of amides is 1. The van der Waals surface area contributed by atoms with Gasteiger partial charge in [-0.05, 0) is 13.0 Å². The summed E-state index contributed by atoms with van der Waals surface area (Å²) in [6.45, 7) is 0.103. The van der Waals surface area contributed by atoms with E-state index in [-0.39, 0.29) is 13.1 Å². The number of hydrogen-bond donors (Lipinski definition) is 5. The Morgan fingerprint density at radius 3 is 2.29 bits per heavy atom. The maximum Gasteiger partial charge on any atom is 0.327 e. The van der Waals surface area contributed by atoms with Crippen LogP contribution in [-0.4, -0.2) is 42.2 Å². The number of hydrogen-bond acceptors (Lipinski definition) is 5. The second kappa shape index (κ2) is 6.30. The van der Waals surface area contributed by atoms with Gasteiger partial charge >= 0.3 is 5.97 Å². The van der Waals surface area contributed by atoms with Gasteiger partial charge in [0, 0.05) is 6.54 Å². The molecule has 0 aliphatic carbocycles. The molecule has 82 valence electrons. The van der Waals surface area contributed by atoms with Gasteiger partial charge in [0.05, 0.1) is 6.04 Å². The summed E-state index contributed by atoms with van der Waals surface area (Å²) in [5.74, 6) is -1.73. The van der Waals surface area contributed by atoms with E-state index in [1.807, 2.05) is 0 Å². The number of aliphatic carboxylic acids is 1. The molecule has 0 saturated carbocycles. The van der Waals surface area contributed by atoms with Crippen molar-refractivity contribution in [3.05, 3.63) is 0 Å². The molecule has 7 heteroatoms. The standard InChI is InChI=1S/C7H16N4O3/c8-2-1-4(10)6(12)11-5(3-9)7(13)14/h4-5H,1-3,8-10H2,(H,11,12)(H,13,14)/t4-,5?/m0/s1. The summed E-state index contributed by atoms with van der Waals surface area (Å²) >= 11 is 0. The SMILES string of the molecule is NCC[C@H](N)C(=O)NC(CN)C(=O)O. The van der Waals surface area contributed by atoms with E-state index >= 15 is 0 Å². The molecule has 14 heavy (non-hydrogen) atoms. The molecule has 0 rings (SSSR count). The van der Waals surface area contributed by atoms with Gasteiger partial charge in [-0.1, -0.05) is 0 Å². The number of carboxylic acid groups (broad SMARTS) is 1. The zero-order chi connectivity index (χ0) is 11.1. The van der Waals surface area contributed by atoms with Gasteiger partial charge in [-0.3, -0.25) is 4.79 Å². The molecule has 0 aliphatic heterocycles. The van der Waals surface area contributed by atoms with Crippen LogP contribution in [0.5, 0.6) is 0 Å². The lowest BCUT2D eigenvalue weighted by Crippen LogP contribution is -2.51. The first kappa shape index (κ1) is 12.8. The fraction of sp³-hybridized carbons (Fsp3) is 0.714. The number of carbonyl (C=O) groups is 2. The summed E-state index contributed by atoms with van der Waals surface area (Å²) in [6.07, 6.45) is 0.308. The number of carbonyl (C=O) groups excluding carboxylic acids is 1. The minimum atomic E-state index is -1.18. The molecule has 2 atom stereocenters. The lowest BCUT2D eigenvalue weighted by molar-refractivity contribution is -0.141. The molecular formula is C7H16N4O3. The van der Waals surface area contributed by atoms with Crippen molar-refractivity contribution in [1.82, 2.24) is 5.32 Å². The Labute approximate surface area is 81.6 Å². The molecule has 0 fully saturated rings. The summed E-state index contributed by atoms with van der Waals surface area (Å²) in [4.78, 5) is 21.7. The number of nitrogens with one attached hydrogen (secondary N) is 1. The predicted octanol–water partition coefficient (Wildman–Crippen LogP) is -2.81. The quantitative estimate of drug-likeness (QED) is 0.316. The van der Waals surface area contributed by atoms with Crippen LogP contribution >= 0.6 is 0 Å². The van der Waals surface area contributed by atoms with Crippen molar-refractivity contribution >= 4 is 11.9 Å². The molecule has 0 heterocycles. The van der Waals surface area contributed by atoms with Crippen LogP contribution in [-0.2, 0) is 9.59 Å². The normalized spacial score (nSPS) is 14.5. The van der Waals surface area contributed by atoms with Crippen molar-refractivity contribution in [2.45, 2.75) is 18.5 Å². The summed E-state index contributed by atoms with van der Waals surface area (Å²) < 4.78 is 0. The van der Waals surface area contributed by atoms with Crippen molar-refractivity contribution in [3.63, 3.8) is 0 Å². The van der Waals surface area contributed by atoms with Crippen LogP contribution in [0.1, 0.15) is 6.42 Å². The molecule has 0 bridgehead atoms. The highest BCUT2D eigenvalue weighted by molar-refractivity contribution is 5.86. The van der Waals surface area contributed by atoms with Gasteiger partial charge in [-0.15, -0.1) is 0 Å². The van der Waals surface area contributed by atoms with Gasteiger partial charge in [0.15, 0.2) is 0 Å².